The van der Waals surface area contributed by atoms with Crippen molar-refractivity contribution in [3.8, 4) is 11.3 Å². The summed E-state index contributed by atoms with van der Waals surface area (Å²) in [6.45, 7) is 4.18. The van der Waals surface area contributed by atoms with E-state index >= 15 is 0 Å². The van der Waals surface area contributed by atoms with Crippen molar-refractivity contribution in [2.24, 2.45) is 5.84 Å². The molecule has 1 unspecified atom stereocenters. The monoisotopic (exact) mass is 533 g/mol. The number of carbonyl (C=O) groups excluding carboxylic acids is 1. The highest BCUT2D eigenvalue weighted by molar-refractivity contribution is 5.99. The Morgan fingerprint density at radius 1 is 0.925 bits per heavy atom. The topological polar surface area (TPSA) is 99.4 Å². The zero-order chi connectivity index (χ0) is 27.3. The van der Waals surface area contributed by atoms with Crippen molar-refractivity contribution < 1.29 is 4.79 Å². The maximum atomic E-state index is 12.4. The molecule has 0 radical (unpaired) electrons. The van der Waals surface area contributed by atoms with Gasteiger partial charge in [0, 0.05) is 35.6 Å². The van der Waals surface area contributed by atoms with Gasteiger partial charge < -0.3 is 15.5 Å². The predicted molar refractivity (Wildman–Crippen MR) is 160 cm³/mol. The van der Waals surface area contributed by atoms with Crippen molar-refractivity contribution in [2.75, 3.05) is 41.8 Å². The quantitative estimate of drug-likeness (QED) is 0.200. The van der Waals surface area contributed by atoms with Crippen LogP contribution in [-0.4, -0.2) is 47.1 Å². The van der Waals surface area contributed by atoms with Gasteiger partial charge in [0.25, 0.3) is 0 Å². The van der Waals surface area contributed by atoms with E-state index in [1.54, 1.807) is 5.01 Å². The summed E-state index contributed by atoms with van der Waals surface area (Å²) < 4.78 is 0. The summed E-state index contributed by atoms with van der Waals surface area (Å²) in [6.07, 6.45) is 6.33. The van der Waals surface area contributed by atoms with Gasteiger partial charge in [0.05, 0.1) is 5.69 Å². The molecule has 1 saturated heterocycles. The summed E-state index contributed by atoms with van der Waals surface area (Å²) in [4.78, 5) is 24.5. The number of aromatic nitrogens is 2. The Bertz CT molecular complexity index is 1450. The van der Waals surface area contributed by atoms with Crippen LogP contribution in [-0.2, 0) is 6.42 Å². The Morgan fingerprint density at radius 3 is 2.40 bits per heavy atom. The first kappa shape index (κ1) is 26.0. The number of nitrogens with zero attached hydrogens (tertiary/aromatic N) is 4. The molecule has 4 aromatic rings. The first-order chi connectivity index (χ1) is 19.6. The van der Waals surface area contributed by atoms with Crippen molar-refractivity contribution in [1.29, 1.82) is 0 Å². The van der Waals surface area contributed by atoms with Crippen LogP contribution in [0.1, 0.15) is 41.9 Å². The minimum atomic E-state index is -0.270. The lowest BCUT2D eigenvalue weighted by atomic mass is 9.78. The Balaban J connectivity index is 1.15. The fourth-order valence-corrected chi connectivity index (χ4v) is 5.75. The van der Waals surface area contributed by atoms with Gasteiger partial charge in [-0.15, -0.1) is 0 Å². The van der Waals surface area contributed by atoms with Gasteiger partial charge in [-0.1, -0.05) is 54.6 Å². The van der Waals surface area contributed by atoms with Crippen LogP contribution < -0.4 is 21.5 Å². The molecule has 2 amide bonds. The molecule has 0 spiro atoms. The number of hydrogen-bond acceptors (Lipinski definition) is 6. The Kier molecular flexibility index (Phi) is 7.70. The van der Waals surface area contributed by atoms with Gasteiger partial charge in [0.2, 0.25) is 5.95 Å². The number of nitrogens with two attached hydrogens (primary N) is 1. The van der Waals surface area contributed by atoms with Crippen molar-refractivity contribution in [3.63, 3.8) is 0 Å². The molecule has 2 heterocycles. The first-order valence-electron chi connectivity index (χ1n) is 14.1. The lowest BCUT2D eigenvalue weighted by Crippen LogP contribution is -2.35. The molecule has 8 nitrogen and oxygen atoms in total. The van der Waals surface area contributed by atoms with Gasteiger partial charge in [-0.3, -0.25) is 5.01 Å². The minimum Gasteiger partial charge on any atom is -0.308 e. The molecule has 8 heteroatoms. The molecule has 1 aliphatic carbocycles. The standard InChI is InChI=1S/C32H35N7O/c33-39(20-8-19-38-17-6-7-18-38)31-34-22-24-21-29(27-11-4-5-12-28(27)30(24)37-31)23-13-15-26(16-14-23)36-32(40)35-25-9-2-1-3-10-25/h1-5,9-16,22,29H,6-8,17-21,33H2,(H2,35,36,40). The number of para-hydroxylation sites is 1. The highest BCUT2D eigenvalue weighted by Gasteiger charge is 2.28. The van der Waals surface area contributed by atoms with E-state index in [-0.39, 0.29) is 11.9 Å². The van der Waals surface area contributed by atoms with Crippen LogP contribution in [0.4, 0.5) is 22.1 Å². The van der Waals surface area contributed by atoms with Crippen LogP contribution in [0, 0.1) is 0 Å². The van der Waals surface area contributed by atoms with Gasteiger partial charge in [0.15, 0.2) is 0 Å². The van der Waals surface area contributed by atoms with Gasteiger partial charge >= 0.3 is 6.03 Å². The average molecular weight is 534 g/mol. The molecule has 1 aromatic heterocycles. The lowest BCUT2D eigenvalue weighted by Gasteiger charge is -2.28. The molecular weight excluding hydrogens is 498 g/mol. The zero-order valence-electron chi connectivity index (χ0n) is 22.6. The SMILES string of the molecule is NN(CCCN1CCCC1)c1ncc2c(n1)-c1ccccc1C(c1ccc(NC(=O)Nc3ccccc3)cc1)C2. The van der Waals surface area contributed by atoms with Crippen LogP contribution in [0.2, 0.25) is 0 Å². The molecule has 1 fully saturated rings. The summed E-state index contributed by atoms with van der Waals surface area (Å²) in [6, 6.07) is 25.7. The number of urea groups is 1. The number of rotatable bonds is 8. The second-order valence-corrected chi connectivity index (χ2v) is 10.6. The van der Waals surface area contributed by atoms with Gasteiger partial charge in [0.1, 0.15) is 0 Å². The van der Waals surface area contributed by atoms with Crippen LogP contribution in [0.5, 0.6) is 0 Å². The number of anilines is 3. The van der Waals surface area contributed by atoms with E-state index in [2.05, 4.69) is 56.9 Å². The number of amides is 2. The summed E-state index contributed by atoms with van der Waals surface area (Å²) in [5, 5.41) is 7.45. The number of nitrogens with one attached hydrogen (secondary N) is 2. The van der Waals surface area contributed by atoms with E-state index in [4.69, 9.17) is 10.8 Å². The summed E-state index contributed by atoms with van der Waals surface area (Å²) in [7, 11) is 0. The molecular formula is C32H35N7O. The Morgan fingerprint density at radius 2 is 1.62 bits per heavy atom. The van der Waals surface area contributed by atoms with Crippen molar-refractivity contribution in [2.45, 2.75) is 31.6 Å². The third kappa shape index (κ3) is 5.83. The van der Waals surface area contributed by atoms with Crippen LogP contribution in [0.3, 0.4) is 0 Å². The number of likely N-dealkylation sites (tertiary alicyclic amines) is 1. The normalized spacial score (nSPS) is 16.2. The smallest absolute Gasteiger partial charge is 0.308 e. The second-order valence-electron chi connectivity index (χ2n) is 10.6. The number of carbonyl (C=O) groups is 1. The third-order valence-electron chi connectivity index (χ3n) is 7.80. The van der Waals surface area contributed by atoms with Crippen molar-refractivity contribution in [3.05, 3.63) is 102 Å². The molecule has 6 rings (SSSR count). The first-order valence-corrected chi connectivity index (χ1v) is 14.1. The summed E-state index contributed by atoms with van der Waals surface area (Å²) in [5.41, 5.74) is 7.09. The number of hydrogen-bond donors (Lipinski definition) is 3. The Hall–Kier alpha value is -4.27. The fourth-order valence-electron chi connectivity index (χ4n) is 5.75. The molecule has 1 aliphatic heterocycles. The maximum absolute atomic E-state index is 12.4. The van der Waals surface area contributed by atoms with Crippen LogP contribution in [0.25, 0.3) is 11.3 Å². The largest absolute Gasteiger partial charge is 0.323 e. The molecule has 4 N–H and O–H groups in total. The molecule has 0 bridgehead atoms. The van der Waals surface area contributed by atoms with E-state index < -0.39 is 0 Å². The van der Waals surface area contributed by atoms with Crippen molar-refractivity contribution >= 4 is 23.4 Å². The van der Waals surface area contributed by atoms with E-state index in [9.17, 15) is 4.79 Å². The van der Waals surface area contributed by atoms with Crippen molar-refractivity contribution in [1.82, 2.24) is 14.9 Å². The van der Waals surface area contributed by atoms with Crippen LogP contribution >= 0.6 is 0 Å². The van der Waals surface area contributed by atoms with E-state index in [1.807, 2.05) is 48.7 Å². The van der Waals surface area contributed by atoms with E-state index in [0.717, 1.165) is 54.1 Å². The average Bonchev–Trinajstić information content (AvgIpc) is 3.51. The van der Waals surface area contributed by atoms with Gasteiger partial charge in [-0.05, 0) is 86.3 Å². The highest BCUT2D eigenvalue weighted by Crippen LogP contribution is 2.42. The van der Waals surface area contributed by atoms with E-state index in [1.165, 1.54) is 37.1 Å². The molecule has 204 valence electrons. The third-order valence-corrected chi connectivity index (χ3v) is 7.80. The molecule has 1 atom stereocenters. The van der Waals surface area contributed by atoms with Gasteiger partial charge in [-0.25, -0.2) is 20.6 Å². The molecule has 0 saturated carbocycles. The predicted octanol–water partition coefficient (Wildman–Crippen LogP) is 5.64. The van der Waals surface area contributed by atoms with Crippen LogP contribution in [0.15, 0.2) is 85.1 Å². The summed E-state index contributed by atoms with van der Waals surface area (Å²) in [5.74, 6) is 7.13. The summed E-state index contributed by atoms with van der Waals surface area (Å²) >= 11 is 0. The molecule has 3 aromatic carbocycles. The zero-order valence-corrected chi connectivity index (χ0v) is 22.6. The molecule has 40 heavy (non-hydrogen) atoms. The molecule has 2 aliphatic rings. The van der Waals surface area contributed by atoms with E-state index in [0.29, 0.717) is 5.95 Å². The van der Waals surface area contributed by atoms with Gasteiger partial charge in [-0.2, -0.15) is 0 Å². The second kappa shape index (κ2) is 11.9. The number of hydrazine groups is 1. The minimum absolute atomic E-state index is 0.166. The lowest BCUT2D eigenvalue weighted by molar-refractivity contribution is 0.262. The maximum Gasteiger partial charge on any atom is 0.323 e. The number of fused-ring (bicyclic) bond motifs is 3. The Labute approximate surface area is 235 Å². The number of benzene rings is 3. The highest BCUT2D eigenvalue weighted by atomic mass is 16.2. The fraction of sp³-hybridized carbons (Fsp3) is 0.281.